The topological polar surface area (TPSA) is 57.0 Å². The van der Waals surface area contributed by atoms with Gasteiger partial charge in [0.05, 0.1) is 10.0 Å². The molecule has 2 heterocycles. The molecule has 5 nitrogen and oxygen atoms in total. The lowest BCUT2D eigenvalue weighted by atomic mass is 9.95. The van der Waals surface area contributed by atoms with Crippen molar-refractivity contribution in [3.8, 4) is 11.4 Å². The normalized spacial score (nSPS) is 15.8. The van der Waals surface area contributed by atoms with E-state index in [0.29, 0.717) is 34.9 Å². The minimum Gasteiger partial charge on any atom is -0.381 e. The van der Waals surface area contributed by atoms with Gasteiger partial charge in [-0.1, -0.05) is 23.2 Å². The van der Waals surface area contributed by atoms with Crippen LogP contribution in [0.15, 0.2) is 18.2 Å². The molecule has 2 aromatic rings. The van der Waals surface area contributed by atoms with Crippen molar-refractivity contribution >= 4 is 29.0 Å². The predicted octanol–water partition coefficient (Wildman–Crippen LogP) is 3.56. The largest absolute Gasteiger partial charge is 0.381 e. The van der Waals surface area contributed by atoms with Gasteiger partial charge in [-0.3, -0.25) is 4.79 Å². The molecule has 0 radical (unpaired) electrons. The quantitative estimate of drug-likeness (QED) is 0.843. The monoisotopic (exact) mass is 353 g/mol. The number of hydrogen-bond acceptors (Lipinski definition) is 4. The van der Waals surface area contributed by atoms with Crippen molar-refractivity contribution in [2.45, 2.75) is 26.3 Å². The van der Waals surface area contributed by atoms with E-state index < -0.39 is 0 Å². The van der Waals surface area contributed by atoms with Crippen LogP contribution >= 0.6 is 23.2 Å². The summed E-state index contributed by atoms with van der Waals surface area (Å²) in [6, 6.07) is 5.28. The molecule has 0 atom stereocenters. The van der Waals surface area contributed by atoms with E-state index in [9.17, 15) is 4.79 Å². The van der Waals surface area contributed by atoms with Crippen LogP contribution in [0, 0.1) is 12.8 Å². The van der Waals surface area contributed by atoms with E-state index >= 15 is 0 Å². The summed E-state index contributed by atoms with van der Waals surface area (Å²) in [4.78, 5) is 16.9. The van der Waals surface area contributed by atoms with E-state index in [0.717, 1.165) is 18.4 Å². The molecule has 23 heavy (non-hydrogen) atoms. The standard InChI is InChI=1S/C16H17Cl2N3O2/c1-10-19-16(12-2-3-13(17)14(18)8-12)21(20-10)9-15(22)11-4-6-23-7-5-11/h2-3,8,11H,4-7,9H2,1H3. The number of aryl methyl sites for hydroxylation is 1. The highest BCUT2D eigenvalue weighted by Gasteiger charge is 2.23. The number of benzene rings is 1. The van der Waals surface area contributed by atoms with Crippen LogP contribution in [-0.4, -0.2) is 33.8 Å². The van der Waals surface area contributed by atoms with Gasteiger partial charge in [-0.2, -0.15) is 5.10 Å². The molecule has 1 saturated heterocycles. The van der Waals surface area contributed by atoms with E-state index in [1.54, 1.807) is 23.7 Å². The Labute approximate surface area is 144 Å². The Morgan fingerprint density at radius 3 is 2.74 bits per heavy atom. The molecule has 1 aliphatic heterocycles. The second-order valence-electron chi connectivity index (χ2n) is 5.62. The number of ketones is 1. The second kappa shape index (κ2) is 6.99. The van der Waals surface area contributed by atoms with Crippen LogP contribution < -0.4 is 0 Å². The summed E-state index contributed by atoms with van der Waals surface area (Å²) < 4.78 is 6.95. The molecule has 7 heteroatoms. The first-order valence-corrected chi connectivity index (χ1v) is 8.27. The van der Waals surface area contributed by atoms with Gasteiger partial charge in [-0.25, -0.2) is 9.67 Å². The third-order valence-corrected chi connectivity index (χ3v) is 4.68. The van der Waals surface area contributed by atoms with E-state index in [2.05, 4.69) is 10.1 Å². The SMILES string of the molecule is Cc1nc(-c2ccc(Cl)c(Cl)c2)n(CC(=O)C2CCOCC2)n1. The van der Waals surface area contributed by atoms with Gasteiger partial charge >= 0.3 is 0 Å². The summed E-state index contributed by atoms with van der Waals surface area (Å²) in [5, 5.41) is 5.29. The van der Waals surface area contributed by atoms with Gasteiger partial charge in [-0.05, 0) is 38.0 Å². The fourth-order valence-corrected chi connectivity index (χ4v) is 3.01. The molecule has 0 saturated carbocycles. The Morgan fingerprint density at radius 1 is 1.30 bits per heavy atom. The van der Waals surface area contributed by atoms with Crippen LogP contribution in [0.2, 0.25) is 10.0 Å². The molecule has 0 bridgehead atoms. The number of rotatable bonds is 4. The maximum absolute atomic E-state index is 12.5. The van der Waals surface area contributed by atoms with Gasteiger partial charge in [0.1, 0.15) is 12.4 Å². The molecule has 0 unspecified atom stereocenters. The van der Waals surface area contributed by atoms with E-state index in [4.69, 9.17) is 27.9 Å². The Hall–Kier alpha value is -1.43. The van der Waals surface area contributed by atoms with Crippen molar-refractivity contribution in [1.29, 1.82) is 0 Å². The first-order chi connectivity index (χ1) is 11.0. The number of Topliss-reactive ketones (excluding diaryl/α,β-unsaturated/α-hetero) is 1. The zero-order chi connectivity index (χ0) is 16.4. The molecule has 0 N–H and O–H groups in total. The summed E-state index contributed by atoms with van der Waals surface area (Å²) in [7, 11) is 0. The minimum atomic E-state index is 0.0370. The van der Waals surface area contributed by atoms with E-state index in [-0.39, 0.29) is 18.2 Å². The molecule has 122 valence electrons. The third kappa shape index (κ3) is 3.74. The number of ether oxygens (including phenoxy) is 1. The second-order valence-corrected chi connectivity index (χ2v) is 6.44. The number of aromatic nitrogens is 3. The Morgan fingerprint density at radius 2 is 2.04 bits per heavy atom. The van der Waals surface area contributed by atoms with Crippen LogP contribution in [0.1, 0.15) is 18.7 Å². The average Bonchev–Trinajstić information content (AvgIpc) is 2.91. The maximum Gasteiger partial charge on any atom is 0.158 e. The van der Waals surface area contributed by atoms with Gasteiger partial charge in [0, 0.05) is 24.7 Å². The van der Waals surface area contributed by atoms with Crippen LogP contribution in [0.3, 0.4) is 0 Å². The third-order valence-electron chi connectivity index (χ3n) is 3.94. The molecular formula is C16H17Cl2N3O2. The van der Waals surface area contributed by atoms with Crippen molar-refractivity contribution in [3.05, 3.63) is 34.1 Å². The summed E-state index contributed by atoms with van der Waals surface area (Å²) in [5.41, 5.74) is 0.791. The first kappa shape index (κ1) is 16.4. The highest BCUT2D eigenvalue weighted by molar-refractivity contribution is 6.42. The van der Waals surface area contributed by atoms with Crippen LogP contribution in [-0.2, 0) is 16.1 Å². The molecule has 1 aromatic carbocycles. The highest BCUT2D eigenvalue weighted by atomic mass is 35.5. The number of nitrogens with zero attached hydrogens (tertiary/aromatic N) is 3. The molecule has 0 aliphatic carbocycles. The van der Waals surface area contributed by atoms with Gasteiger partial charge in [0.25, 0.3) is 0 Å². The Balaban J connectivity index is 1.85. The number of hydrogen-bond donors (Lipinski definition) is 0. The fourth-order valence-electron chi connectivity index (χ4n) is 2.71. The van der Waals surface area contributed by atoms with Gasteiger partial charge in [-0.15, -0.1) is 0 Å². The zero-order valence-electron chi connectivity index (χ0n) is 12.8. The van der Waals surface area contributed by atoms with Crippen molar-refractivity contribution < 1.29 is 9.53 Å². The Bertz CT molecular complexity index is 724. The molecule has 1 fully saturated rings. The molecule has 0 spiro atoms. The summed E-state index contributed by atoms with van der Waals surface area (Å²) in [6.07, 6.45) is 1.54. The van der Waals surface area contributed by atoms with Crippen molar-refractivity contribution in [3.63, 3.8) is 0 Å². The van der Waals surface area contributed by atoms with Crippen LogP contribution in [0.25, 0.3) is 11.4 Å². The summed E-state index contributed by atoms with van der Waals surface area (Å²) >= 11 is 12.0. The smallest absolute Gasteiger partial charge is 0.158 e. The van der Waals surface area contributed by atoms with Gasteiger partial charge in [0.2, 0.25) is 0 Å². The summed E-state index contributed by atoms with van der Waals surface area (Å²) in [5.74, 6) is 1.45. The van der Waals surface area contributed by atoms with E-state index in [1.807, 2.05) is 6.07 Å². The minimum absolute atomic E-state index is 0.0370. The zero-order valence-corrected chi connectivity index (χ0v) is 14.3. The van der Waals surface area contributed by atoms with Crippen molar-refractivity contribution in [2.75, 3.05) is 13.2 Å². The molecular weight excluding hydrogens is 337 g/mol. The lowest BCUT2D eigenvalue weighted by Gasteiger charge is -2.20. The Kier molecular flexibility index (Phi) is 4.99. The summed E-state index contributed by atoms with van der Waals surface area (Å²) in [6.45, 7) is 3.30. The highest BCUT2D eigenvalue weighted by Crippen LogP contribution is 2.28. The molecule has 0 amide bonds. The molecule has 3 rings (SSSR count). The average molecular weight is 354 g/mol. The maximum atomic E-state index is 12.5. The van der Waals surface area contributed by atoms with Gasteiger partial charge in [0.15, 0.2) is 11.6 Å². The van der Waals surface area contributed by atoms with Crippen molar-refractivity contribution in [1.82, 2.24) is 14.8 Å². The lowest BCUT2D eigenvalue weighted by molar-refractivity contribution is -0.126. The van der Waals surface area contributed by atoms with Crippen molar-refractivity contribution in [2.24, 2.45) is 5.92 Å². The predicted molar refractivity (Wildman–Crippen MR) is 88.8 cm³/mol. The number of carbonyl (C=O) groups is 1. The van der Waals surface area contributed by atoms with Crippen LogP contribution in [0.5, 0.6) is 0 Å². The molecule has 1 aliphatic rings. The first-order valence-electron chi connectivity index (χ1n) is 7.52. The number of halogens is 2. The van der Waals surface area contributed by atoms with Crippen LogP contribution in [0.4, 0.5) is 0 Å². The number of carbonyl (C=O) groups excluding carboxylic acids is 1. The van der Waals surface area contributed by atoms with E-state index in [1.165, 1.54) is 0 Å². The fraction of sp³-hybridized carbons (Fsp3) is 0.438. The van der Waals surface area contributed by atoms with Gasteiger partial charge < -0.3 is 4.74 Å². The lowest BCUT2D eigenvalue weighted by Crippen LogP contribution is -2.27. The molecule has 1 aromatic heterocycles.